The quantitative estimate of drug-likeness (QED) is 0.630. The number of anilines is 1. The number of nitrogens with one attached hydrogen (secondary N) is 1. The normalized spacial score (nSPS) is 12.0. The monoisotopic (exact) mass is 251 g/mol. The van der Waals surface area contributed by atoms with E-state index in [1.807, 2.05) is 6.92 Å². The predicted molar refractivity (Wildman–Crippen MR) is 69.5 cm³/mol. The fourth-order valence-electron chi connectivity index (χ4n) is 1.46. The van der Waals surface area contributed by atoms with Crippen LogP contribution in [0.15, 0.2) is 12.1 Å². The van der Waals surface area contributed by atoms with Gasteiger partial charge in [-0.2, -0.15) is 0 Å². The van der Waals surface area contributed by atoms with Crippen molar-refractivity contribution in [3.8, 4) is 0 Å². The van der Waals surface area contributed by atoms with E-state index in [2.05, 4.69) is 5.32 Å². The zero-order valence-electron chi connectivity index (χ0n) is 10.7. The molecule has 1 atom stereocenters. The van der Waals surface area contributed by atoms with Crippen LogP contribution in [0.5, 0.6) is 0 Å². The number of carbonyl (C=O) groups excluding carboxylic acids is 1. The number of rotatable bonds is 4. The van der Waals surface area contributed by atoms with Gasteiger partial charge in [-0.05, 0) is 37.5 Å². The average molecular weight is 251 g/mol. The van der Waals surface area contributed by atoms with Gasteiger partial charge in [0.1, 0.15) is 5.69 Å². The van der Waals surface area contributed by atoms with Gasteiger partial charge in [0.25, 0.3) is 5.69 Å². The van der Waals surface area contributed by atoms with Crippen LogP contribution in [0.25, 0.3) is 0 Å². The zero-order chi connectivity index (χ0) is 13.9. The van der Waals surface area contributed by atoms with Crippen LogP contribution >= 0.6 is 0 Å². The average Bonchev–Trinajstić information content (AvgIpc) is 2.31. The first-order valence-electron chi connectivity index (χ1n) is 5.68. The van der Waals surface area contributed by atoms with Gasteiger partial charge in [-0.25, -0.2) is 0 Å². The Kier molecular flexibility index (Phi) is 4.38. The molecule has 0 heterocycles. The third-order valence-corrected chi connectivity index (χ3v) is 2.84. The molecule has 1 amide bonds. The van der Waals surface area contributed by atoms with Crippen molar-refractivity contribution in [1.82, 2.24) is 0 Å². The molecule has 0 fully saturated rings. The number of carbonyl (C=O) groups is 1. The van der Waals surface area contributed by atoms with Crippen molar-refractivity contribution in [2.75, 3.05) is 5.32 Å². The maximum atomic E-state index is 11.7. The molecule has 0 saturated heterocycles. The summed E-state index contributed by atoms with van der Waals surface area (Å²) in [7, 11) is 0. The Bertz CT molecular complexity index is 486. The minimum absolute atomic E-state index is 0.116. The molecule has 0 aliphatic rings. The van der Waals surface area contributed by atoms with Crippen molar-refractivity contribution < 1.29 is 9.72 Å². The van der Waals surface area contributed by atoms with Gasteiger partial charge >= 0.3 is 0 Å². The molecule has 18 heavy (non-hydrogen) atoms. The van der Waals surface area contributed by atoms with E-state index < -0.39 is 16.9 Å². The standard InChI is InChI=1S/C12H17N3O3/c1-4-9(13)12(16)14-10-5-7(2)8(3)6-11(10)15(17)18/h5-6,9H,4,13H2,1-3H3,(H,14,16). The van der Waals surface area contributed by atoms with Gasteiger partial charge in [0.15, 0.2) is 0 Å². The highest BCUT2D eigenvalue weighted by Crippen LogP contribution is 2.27. The van der Waals surface area contributed by atoms with Gasteiger partial charge in [-0.3, -0.25) is 14.9 Å². The summed E-state index contributed by atoms with van der Waals surface area (Å²) in [4.78, 5) is 22.1. The Morgan fingerprint density at radius 2 is 2.00 bits per heavy atom. The Labute approximate surface area is 105 Å². The Balaban J connectivity index is 3.11. The Morgan fingerprint density at radius 3 is 2.50 bits per heavy atom. The molecule has 0 spiro atoms. The largest absolute Gasteiger partial charge is 0.320 e. The van der Waals surface area contributed by atoms with E-state index in [1.54, 1.807) is 19.9 Å². The molecule has 3 N–H and O–H groups in total. The number of nitrogens with zero attached hydrogens (tertiary/aromatic N) is 1. The Hall–Kier alpha value is -1.95. The molecule has 1 rings (SSSR count). The van der Waals surface area contributed by atoms with E-state index in [1.165, 1.54) is 6.07 Å². The molecule has 1 unspecified atom stereocenters. The first-order valence-corrected chi connectivity index (χ1v) is 5.68. The van der Waals surface area contributed by atoms with Crippen LogP contribution < -0.4 is 11.1 Å². The third-order valence-electron chi connectivity index (χ3n) is 2.84. The van der Waals surface area contributed by atoms with Gasteiger partial charge in [-0.1, -0.05) is 6.92 Å². The lowest BCUT2D eigenvalue weighted by molar-refractivity contribution is -0.384. The molecule has 1 aromatic rings. The van der Waals surface area contributed by atoms with Crippen molar-refractivity contribution in [2.24, 2.45) is 5.73 Å². The van der Waals surface area contributed by atoms with Crippen molar-refractivity contribution in [1.29, 1.82) is 0 Å². The number of amides is 1. The van der Waals surface area contributed by atoms with Gasteiger partial charge in [0, 0.05) is 6.07 Å². The van der Waals surface area contributed by atoms with Crippen LogP contribution in [0.2, 0.25) is 0 Å². The van der Waals surface area contributed by atoms with Crippen LogP contribution in [-0.4, -0.2) is 16.9 Å². The molecule has 0 aliphatic carbocycles. The number of nitro groups is 1. The molecule has 0 aliphatic heterocycles. The highest BCUT2D eigenvalue weighted by atomic mass is 16.6. The summed E-state index contributed by atoms with van der Waals surface area (Å²) >= 11 is 0. The molecular formula is C12H17N3O3. The second kappa shape index (κ2) is 5.59. The number of nitro benzene ring substituents is 1. The first kappa shape index (κ1) is 14.1. The molecule has 1 aromatic carbocycles. The van der Waals surface area contributed by atoms with E-state index in [-0.39, 0.29) is 11.4 Å². The highest BCUT2D eigenvalue weighted by Gasteiger charge is 2.19. The second-order valence-corrected chi connectivity index (χ2v) is 4.21. The lowest BCUT2D eigenvalue weighted by Crippen LogP contribution is -2.35. The SMILES string of the molecule is CCC(N)C(=O)Nc1cc(C)c(C)cc1[N+](=O)[O-]. The summed E-state index contributed by atoms with van der Waals surface area (Å²) < 4.78 is 0. The predicted octanol–water partition coefficient (Wildman–Crippen LogP) is 1.89. The van der Waals surface area contributed by atoms with Crippen molar-refractivity contribution in [3.63, 3.8) is 0 Å². The lowest BCUT2D eigenvalue weighted by atomic mass is 10.1. The summed E-state index contributed by atoms with van der Waals surface area (Å²) in [6, 6.07) is 2.38. The summed E-state index contributed by atoms with van der Waals surface area (Å²) in [5, 5.41) is 13.4. The molecule has 0 radical (unpaired) electrons. The number of nitrogens with two attached hydrogens (primary N) is 1. The van der Waals surface area contributed by atoms with Crippen molar-refractivity contribution in [3.05, 3.63) is 33.4 Å². The lowest BCUT2D eigenvalue weighted by Gasteiger charge is -2.11. The summed E-state index contributed by atoms with van der Waals surface area (Å²) in [5.41, 5.74) is 7.33. The van der Waals surface area contributed by atoms with Crippen LogP contribution in [0.4, 0.5) is 11.4 Å². The molecule has 0 aromatic heterocycles. The first-order chi connectivity index (χ1) is 8.36. The number of hydrogen-bond donors (Lipinski definition) is 2. The van der Waals surface area contributed by atoms with Gasteiger partial charge in [0.2, 0.25) is 5.91 Å². The molecule has 98 valence electrons. The van der Waals surface area contributed by atoms with E-state index in [9.17, 15) is 14.9 Å². The third kappa shape index (κ3) is 3.04. The van der Waals surface area contributed by atoms with Gasteiger partial charge in [-0.15, -0.1) is 0 Å². The number of hydrogen-bond acceptors (Lipinski definition) is 4. The maximum Gasteiger partial charge on any atom is 0.293 e. The fourth-order valence-corrected chi connectivity index (χ4v) is 1.46. The van der Waals surface area contributed by atoms with E-state index in [0.717, 1.165) is 11.1 Å². The molecule has 0 bridgehead atoms. The van der Waals surface area contributed by atoms with E-state index in [0.29, 0.717) is 6.42 Å². The van der Waals surface area contributed by atoms with Gasteiger partial charge < -0.3 is 11.1 Å². The molecule has 0 saturated carbocycles. The summed E-state index contributed by atoms with van der Waals surface area (Å²) in [6.45, 7) is 5.39. The second-order valence-electron chi connectivity index (χ2n) is 4.21. The van der Waals surface area contributed by atoms with Crippen LogP contribution in [0.3, 0.4) is 0 Å². The summed E-state index contributed by atoms with van der Waals surface area (Å²) in [6.07, 6.45) is 0.477. The maximum absolute atomic E-state index is 11.7. The minimum Gasteiger partial charge on any atom is -0.320 e. The van der Waals surface area contributed by atoms with Crippen molar-refractivity contribution >= 4 is 17.3 Å². The molecular weight excluding hydrogens is 234 g/mol. The number of aryl methyl sites for hydroxylation is 2. The van der Waals surface area contributed by atoms with E-state index >= 15 is 0 Å². The van der Waals surface area contributed by atoms with Gasteiger partial charge in [0.05, 0.1) is 11.0 Å². The fraction of sp³-hybridized carbons (Fsp3) is 0.417. The zero-order valence-corrected chi connectivity index (χ0v) is 10.7. The van der Waals surface area contributed by atoms with Crippen LogP contribution in [0.1, 0.15) is 24.5 Å². The number of benzene rings is 1. The smallest absolute Gasteiger partial charge is 0.293 e. The highest BCUT2D eigenvalue weighted by molar-refractivity contribution is 5.96. The molecule has 6 nitrogen and oxygen atoms in total. The summed E-state index contributed by atoms with van der Waals surface area (Å²) in [5.74, 6) is -0.413. The van der Waals surface area contributed by atoms with Crippen LogP contribution in [-0.2, 0) is 4.79 Å². The van der Waals surface area contributed by atoms with Crippen molar-refractivity contribution in [2.45, 2.75) is 33.2 Å². The van der Waals surface area contributed by atoms with E-state index in [4.69, 9.17) is 5.73 Å². The van der Waals surface area contributed by atoms with Crippen LogP contribution in [0, 0.1) is 24.0 Å². The molecule has 6 heteroatoms. The Morgan fingerprint density at radius 1 is 1.44 bits per heavy atom. The topological polar surface area (TPSA) is 98.3 Å². The minimum atomic E-state index is -0.661.